The van der Waals surface area contributed by atoms with Crippen LogP contribution >= 0.6 is 23.5 Å². The van der Waals surface area contributed by atoms with Crippen molar-refractivity contribution in [3.05, 3.63) is 60.8 Å². The van der Waals surface area contributed by atoms with Crippen LogP contribution in [-0.4, -0.2) is 108 Å². The summed E-state index contributed by atoms with van der Waals surface area (Å²) >= 11 is 0. The maximum atomic E-state index is 13.1. The van der Waals surface area contributed by atoms with Gasteiger partial charge in [-0.15, -0.1) is 0 Å². The van der Waals surface area contributed by atoms with Gasteiger partial charge in [0, 0.05) is 12.8 Å². The predicted molar refractivity (Wildman–Crippen MR) is 261 cm³/mol. The van der Waals surface area contributed by atoms with Gasteiger partial charge < -0.3 is 49.3 Å². The van der Waals surface area contributed by atoms with Gasteiger partial charge in [0.1, 0.15) is 43.2 Å². The highest BCUT2D eigenvalue weighted by molar-refractivity contribution is 7.47. The van der Waals surface area contributed by atoms with Crippen LogP contribution < -0.4 is 0 Å². The number of carbonyl (C=O) groups excluding carboxylic acids is 2. The molecule has 1 fully saturated rings. The Morgan fingerprint density at radius 1 is 0.464 bits per heavy atom. The van der Waals surface area contributed by atoms with E-state index in [-0.39, 0.29) is 12.8 Å². The molecule has 1 aliphatic rings. The van der Waals surface area contributed by atoms with E-state index in [1.54, 1.807) is 0 Å². The number of unbranched alkanes of at least 4 members (excludes halogenated alkanes) is 15. The molecule has 5 unspecified atom stereocenters. The fraction of sp³-hybridized carbons (Fsp3) is 0.745. The SMILES string of the molecule is CCCCC/C=C\C/C=C\C/C=C\C/C=C\CCCC(=O)O[C@H](COC(=O)CCCCCCCCC/C=C\CCCCCC)COP(=O)(O)O[C@H]1C(O)C(O)C(OP(=O)(O)O)[C@@H](OP(=O)(O)O)C1O. The third-order valence-electron chi connectivity index (χ3n) is 10.8. The summed E-state index contributed by atoms with van der Waals surface area (Å²) in [5.41, 5.74) is 0. The fourth-order valence-electron chi connectivity index (χ4n) is 7.10. The molecule has 8 N–H and O–H groups in total. The number of carbonyl (C=O) groups is 2. The van der Waals surface area contributed by atoms with Gasteiger partial charge in [0.2, 0.25) is 0 Å². The van der Waals surface area contributed by atoms with Gasteiger partial charge in [-0.25, -0.2) is 13.7 Å². The Morgan fingerprint density at radius 3 is 1.38 bits per heavy atom. The van der Waals surface area contributed by atoms with Crippen molar-refractivity contribution < 1.29 is 90.6 Å². The van der Waals surface area contributed by atoms with Crippen molar-refractivity contribution in [2.24, 2.45) is 0 Å². The van der Waals surface area contributed by atoms with Gasteiger partial charge in [0.05, 0.1) is 6.61 Å². The number of aliphatic hydroxyl groups excluding tert-OH is 3. The zero-order chi connectivity index (χ0) is 51.4. The van der Waals surface area contributed by atoms with Crippen LogP contribution in [0, 0.1) is 0 Å². The van der Waals surface area contributed by atoms with Crippen molar-refractivity contribution >= 4 is 35.4 Å². The van der Waals surface area contributed by atoms with Crippen molar-refractivity contribution in [3.8, 4) is 0 Å². The van der Waals surface area contributed by atoms with E-state index in [1.807, 2.05) is 18.2 Å². The Bertz CT molecular complexity index is 1670. The van der Waals surface area contributed by atoms with Crippen molar-refractivity contribution in [1.29, 1.82) is 0 Å². The maximum Gasteiger partial charge on any atom is 0.472 e. The molecule has 0 saturated heterocycles. The zero-order valence-corrected chi connectivity index (χ0v) is 43.3. The zero-order valence-electron chi connectivity index (χ0n) is 40.6. The Balaban J connectivity index is 2.77. The predicted octanol–water partition coefficient (Wildman–Crippen LogP) is 9.18. The highest BCUT2D eigenvalue weighted by atomic mass is 31.2. The first-order valence-corrected chi connectivity index (χ1v) is 29.1. The van der Waals surface area contributed by atoms with Gasteiger partial charge in [-0.05, 0) is 77.0 Å². The maximum absolute atomic E-state index is 13.1. The van der Waals surface area contributed by atoms with E-state index in [2.05, 4.69) is 65.4 Å². The molecular formula is C47H83O19P3. The lowest BCUT2D eigenvalue weighted by molar-refractivity contribution is -0.213. The van der Waals surface area contributed by atoms with Crippen LogP contribution in [0.2, 0.25) is 0 Å². The van der Waals surface area contributed by atoms with Gasteiger partial charge >= 0.3 is 35.4 Å². The van der Waals surface area contributed by atoms with Gasteiger partial charge in [-0.2, -0.15) is 0 Å². The van der Waals surface area contributed by atoms with Crippen LogP contribution in [0.25, 0.3) is 0 Å². The average Bonchev–Trinajstić information content (AvgIpc) is 3.28. The van der Waals surface area contributed by atoms with Gasteiger partial charge in [-0.3, -0.25) is 27.7 Å². The van der Waals surface area contributed by atoms with Crippen LogP contribution in [-0.2, 0) is 50.9 Å². The molecule has 0 bridgehead atoms. The van der Waals surface area contributed by atoms with Gasteiger partial charge in [0.25, 0.3) is 0 Å². The second-order valence-electron chi connectivity index (χ2n) is 17.0. The molecule has 0 aliphatic heterocycles. The molecular weight excluding hydrogens is 961 g/mol. The molecule has 0 radical (unpaired) electrons. The number of ether oxygens (including phenoxy) is 2. The molecule has 0 heterocycles. The van der Waals surface area contributed by atoms with Crippen molar-refractivity contribution in [3.63, 3.8) is 0 Å². The van der Waals surface area contributed by atoms with E-state index < -0.39 is 91.3 Å². The quantitative estimate of drug-likeness (QED) is 0.0122. The number of phosphoric acid groups is 3. The minimum absolute atomic E-state index is 0.0611. The number of aliphatic hydroxyl groups is 3. The second-order valence-corrected chi connectivity index (χ2v) is 20.8. The van der Waals surface area contributed by atoms with E-state index in [0.29, 0.717) is 25.7 Å². The van der Waals surface area contributed by atoms with E-state index in [9.17, 15) is 63.1 Å². The summed E-state index contributed by atoms with van der Waals surface area (Å²) in [7, 11) is -16.6. The van der Waals surface area contributed by atoms with E-state index >= 15 is 0 Å². The molecule has 69 heavy (non-hydrogen) atoms. The summed E-state index contributed by atoms with van der Waals surface area (Å²) in [5, 5.41) is 31.9. The Hall–Kier alpha value is -2.15. The standard InChI is InChI=1S/C47H83O19P3/c1-3-5-7-9-11-13-15-17-19-20-22-24-26-28-30-32-34-36-41(49)63-39(37-61-40(48)35-33-31-29-27-25-23-21-18-16-14-12-10-8-6-4-2)38-62-69(59,60)66-45-42(50)43(51)46(64-67(53,54)55)47(44(45)52)65-68(56,57)58/h11,13-14,16-17,19,22,24,28,30,39,42-47,50-52H,3-10,12,15,18,20-21,23,25-27,29,31-38H2,1-2H3,(H,59,60)(H2,53,54,55)(H2,56,57,58)/b13-11-,16-14-,19-17-,24-22-,30-28-/t39-,42?,43?,44?,45+,46?,47+/m1/s1. The van der Waals surface area contributed by atoms with E-state index in [1.165, 1.54) is 44.9 Å². The molecule has 1 saturated carbocycles. The molecule has 400 valence electrons. The summed E-state index contributed by atoms with van der Waals surface area (Å²) < 4.78 is 65.4. The van der Waals surface area contributed by atoms with Crippen molar-refractivity contribution in [1.82, 2.24) is 0 Å². The molecule has 0 aromatic heterocycles. The van der Waals surface area contributed by atoms with Crippen LogP contribution in [0.15, 0.2) is 60.8 Å². The molecule has 1 rings (SSSR count). The van der Waals surface area contributed by atoms with E-state index in [0.717, 1.165) is 70.6 Å². The summed E-state index contributed by atoms with van der Waals surface area (Å²) in [5.74, 6) is -1.37. The lowest BCUT2D eigenvalue weighted by atomic mass is 9.85. The third-order valence-corrected chi connectivity index (χ3v) is 12.8. The lowest BCUT2D eigenvalue weighted by Gasteiger charge is -2.44. The highest BCUT2D eigenvalue weighted by Crippen LogP contribution is 2.51. The first kappa shape index (κ1) is 64.9. The van der Waals surface area contributed by atoms with E-state index in [4.69, 9.17) is 18.5 Å². The molecule has 0 aromatic carbocycles. The molecule has 0 spiro atoms. The van der Waals surface area contributed by atoms with Crippen LogP contribution in [0.3, 0.4) is 0 Å². The minimum atomic E-state index is -5.61. The molecule has 22 heteroatoms. The van der Waals surface area contributed by atoms with Crippen LogP contribution in [0.5, 0.6) is 0 Å². The van der Waals surface area contributed by atoms with Crippen LogP contribution in [0.1, 0.15) is 168 Å². The minimum Gasteiger partial charge on any atom is -0.462 e. The first-order chi connectivity index (χ1) is 32.8. The molecule has 1 aliphatic carbocycles. The largest absolute Gasteiger partial charge is 0.472 e. The number of hydrogen-bond donors (Lipinski definition) is 8. The first-order valence-electron chi connectivity index (χ1n) is 24.6. The highest BCUT2D eigenvalue weighted by Gasteiger charge is 2.56. The van der Waals surface area contributed by atoms with Crippen molar-refractivity contribution in [2.45, 2.75) is 211 Å². The Morgan fingerprint density at radius 2 is 0.855 bits per heavy atom. The molecule has 0 aromatic rings. The summed E-state index contributed by atoms with van der Waals surface area (Å²) in [6.07, 6.45) is 26.7. The number of allylic oxidation sites excluding steroid dienone is 10. The number of esters is 2. The fourth-order valence-corrected chi connectivity index (χ4v) is 9.19. The monoisotopic (exact) mass is 1040 g/mol. The Labute approximate surface area is 409 Å². The van der Waals surface area contributed by atoms with Crippen molar-refractivity contribution in [2.75, 3.05) is 13.2 Å². The summed E-state index contributed by atoms with van der Waals surface area (Å²) in [6.45, 7) is 2.86. The third kappa shape index (κ3) is 34.8. The topological polar surface area (TPSA) is 303 Å². The number of phosphoric ester groups is 3. The smallest absolute Gasteiger partial charge is 0.462 e. The normalized spacial score (nSPS) is 21.8. The summed E-state index contributed by atoms with van der Waals surface area (Å²) in [6, 6.07) is 0. The second kappa shape index (κ2) is 38.5. The average molecular weight is 1050 g/mol. The molecule has 8 atom stereocenters. The molecule has 19 nitrogen and oxygen atoms in total. The lowest BCUT2D eigenvalue weighted by Crippen LogP contribution is -2.65. The van der Waals surface area contributed by atoms with Gasteiger partial charge in [0.15, 0.2) is 6.10 Å². The summed E-state index contributed by atoms with van der Waals surface area (Å²) in [4.78, 5) is 73.2. The van der Waals surface area contributed by atoms with Gasteiger partial charge in [-0.1, -0.05) is 139 Å². The molecule has 0 amide bonds. The van der Waals surface area contributed by atoms with Crippen LogP contribution in [0.4, 0.5) is 0 Å². The number of rotatable bonds is 41. The number of hydrogen-bond acceptors (Lipinski definition) is 14. The Kier molecular flexibility index (Phi) is 36.2.